The molecule has 408 valence electrons. The third kappa shape index (κ3) is 55.5. The van der Waals surface area contributed by atoms with Gasteiger partial charge < -0.3 is 20.3 Å². The minimum absolute atomic E-state index is 0.00382. The van der Waals surface area contributed by atoms with Crippen molar-refractivity contribution in [1.29, 1.82) is 0 Å². The number of esters is 1. The van der Waals surface area contributed by atoms with Crippen LogP contribution in [-0.4, -0.2) is 47.4 Å². The van der Waals surface area contributed by atoms with Crippen LogP contribution in [0.15, 0.2) is 24.3 Å². The van der Waals surface area contributed by atoms with E-state index in [0.717, 1.165) is 51.4 Å². The monoisotopic (exact) mass is 972 g/mol. The molecule has 0 aromatic rings. The summed E-state index contributed by atoms with van der Waals surface area (Å²) in [5.74, 6) is -0.0394. The number of carbonyl (C=O) groups excluding carboxylic acids is 2. The largest absolute Gasteiger partial charge is 0.466 e. The van der Waals surface area contributed by atoms with Crippen LogP contribution in [0, 0.1) is 0 Å². The second-order valence-electron chi connectivity index (χ2n) is 21.4. The van der Waals surface area contributed by atoms with Gasteiger partial charge in [0.15, 0.2) is 0 Å². The van der Waals surface area contributed by atoms with Gasteiger partial charge in [0.2, 0.25) is 5.91 Å². The highest BCUT2D eigenvalue weighted by Gasteiger charge is 2.20. The van der Waals surface area contributed by atoms with Crippen LogP contribution < -0.4 is 5.32 Å². The Morgan fingerprint density at radius 2 is 0.725 bits per heavy atom. The average molecular weight is 973 g/mol. The molecule has 0 saturated heterocycles. The van der Waals surface area contributed by atoms with Crippen LogP contribution in [-0.2, 0) is 14.3 Å². The molecule has 0 aromatic heterocycles. The third-order valence-corrected chi connectivity index (χ3v) is 14.5. The molecule has 2 unspecified atom stereocenters. The van der Waals surface area contributed by atoms with Crippen molar-refractivity contribution in [3.8, 4) is 0 Å². The molecule has 0 fully saturated rings. The highest BCUT2D eigenvalue weighted by molar-refractivity contribution is 5.76. The number of allylic oxidation sites excluding steroid dienone is 4. The molecule has 0 saturated carbocycles. The molecule has 3 N–H and O–H groups in total. The molecular weight excluding hydrogens is 851 g/mol. The quantitative estimate of drug-likeness (QED) is 0.0321. The summed E-state index contributed by atoms with van der Waals surface area (Å²) >= 11 is 0. The molecule has 6 heteroatoms. The number of nitrogens with one attached hydrogen (secondary N) is 1. The van der Waals surface area contributed by atoms with Crippen molar-refractivity contribution < 1.29 is 24.5 Å². The Kier molecular flexibility index (Phi) is 57.5. The van der Waals surface area contributed by atoms with Gasteiger partial charge in [0, 0.05) is 12.8 Å². The lowest BCUT2D eigenvalue weighted by atomic mass is 10.0. The third-order valence-electron chi connectivity index (χ3n) is 14.5. The maximum atomic E-state index is 12.5. The molecule has 0 radical (unpaired) electrons. The summed E-state index contributed by atoms with van der Waals surface area (Å²) in [5, 5.41) is 23.3. The molecule has 69 heavy (non-hydrogen) atoms. The fourth-order valence-electron chi connectivity index (χ4n) is 9.73. The topological polar surface area (TPSA) is 95.9 Å². The first-order chi connectivity index (χ1) is 34.0. The van der Waals surface area contributed by atoms with Crippen molar-refractivity contribution in [2.75, 3.05) is 13.2 Å². The summed E-state index contributed by atoms with van der Waals surface area (Å²) in [6, 6.07) is -0.544. The first kappa shape index (κ1) is 67.3. The fourth-order valence-corrected chi connectivity index (χ4v) is 9.73. The summed E-state index contributed by atoms with van der Waals surface area (Å²) in [5.41, 5.74) is 0. The number of ether oxygens (including phenoxy) is 1. The number of unbranched alkanes of at least 4 members (excludes halogenated alkanes) is 43. The van der Waals surface area contributed by atoms with Gasteiger partial charge in [0.1, 0.15) is 0 Å². The highest BCUT2D eigenvalue weighted by atomic mass is 16.5. The first-order valence-corrected chi connectivity index (χ1v) is 31.1. The van der Waals surface area contributed by atoms with Crippen LogP contribution >= 0.6 is 0 Å². The van der Waals surface area contributed by atoms with Crippen molar-refractivity contribution in [2.45, 2.75) is 353 Å². The predicted octanol–water partition coefficient (Wildman–Crippen LogP) is 19.4. The summed E-state index contributed by atoms with van der Waals surface area (Å²) in [6.45, 7) is 4.95. The number of hydrogen-bond donors (Lipinski definition) is 3. The van der Waals surface area contributed by atoms with E-state index >= 15 is 0 Å². The smallest absolute Gasteiger partial charge is 0.305 e. The van der Waals surface area contributed by atoms with Gasteiger partial charge in [-0.3, -0.25) is 9.59 Å². The number of rotatable bonds is 58. The lowest BCUT2D eigenvalue weighted by Crippen LogP contribution is -2.45. The van der Waals surface area contributed by atoms with Crippen molar-refractivity contribution in [1.82, 2.24) is 5.32 Å². The Bertz CT molecular complexity index is 1080. The van der Waals surface area contributed by atoms with Gasteiger partial charge in [-0.15, -0.1) is 0 Å². The second-order valence-corrected chi connectivity index (χ2v) is 21.4. The molecule has 0 rings (SSSR count). The van der Waals surface area contributed by atoms with Gasteiger partial charge in [-0.2, -0.15) is 0 Å². The van der Waals surface area contributed by atoms with Gasteiger partial charge >= 0.3 is 5.97 Å². The molecule has 0 bridgehead atoms. The van der Waals surface area contributed by atoms with E-state index in [1.807, 2.05) is 0 Å². The fraction of sp³-hybridized carbons (Fsp3) is 0.905. The SMILES string of the molecule is CCCCCC/C=C\C/C=C\CCCCCCCC(=O)OCCCCCCCCCCCCCCCCCCCCCC(=O)NC(CO)C(O)CCCCCCCCCCCCCCCCCCC. The van der Waals surface area contributed by atoms with Crippen molar-refractivity contribution in [3.63, 3.8) is 0 Å². The van der Waals surface area contributed by atoms with E-state index in [1.165, 1.54) is 257 Å². The van der Waals surface area contributed by atoms with Crippen LogP contribution in [0.5, 0.6) is 0 Å². The van der Waals surface area contributed by atoms with Gasteiger partial charge in [0.25, 0.3) is 0 Å². The van der Waals surface area contributed by atoms with Crippen molar-refractivity contribution >= 4 is 11.9 Å². The van der Waals surface area contributed by atoms with E-state index in [2.05, 4.69) is 43.5 Å². The van der Waals surface area contributed by atoms with Crippen LogP contribution in [0.2, 0.25) is 0 Å². The van der Waals surface area contributed by atoms with Crippen LogP contribution in [0.1, 0.15) is 341 Å². The van der Waals surface area contributed by atoms with E-state index in [0.29, 0.717) is 25.9 Å². The van der Waals surface area contributed by atoms with Gasteiger partial charge in [-0.1, -0.05) is 295 Å². The molecule has 6 nitrogen and oxygen atoms in total. The Labute approximate surface area is 431 Å². The average Bonchev–Trinajstić information content (AvgIpc) is 3.35. The lowest BCUT2D eigenvalue weighted by molar-refractivity contribution is -0.143. The van der Waals surface area contributed by atoms with Gasteiger partial charge in [-0.25, -0.2) is 0 Å². The first-order valence-electron chi connectivity index (χ1n) is 31.1. The molecule has 0 spiro atoms. The molecule has 0 aliphatic carbocycles. The van der Waals surface area contributed by atoms with E-state index in [9.17, 15) is 19.8 Å². The maximum absolute atomic E-state index is 12.5. The zero-order chi connectivity index (χ0) is 50.0. The van der Waals surface area contributed by atoms with Crippen LogP contribution in [0.3, 0.4) is 0 Å². The Hall–Kier alpha value is -1.66. The van der Waals surface area contributed by atoms with E-state index in [4.69, 9.17) is 4.74 Å². The Morgan fingerprint density at radius 1 is 0.406 bits per heavy atom. The summed E-state index contributed by atoms with van der Waals surface area (Å²) in [4.78, 5) is 24.6. The minimum atomic E-state index is -0.667. The van der Waals surface area contributed by atoms with Crippen LogP contribution in [0.4, 0.5) is 0 Å². The Balaban J connectivity index is 3.40. The molecule has 0 aliphatic rings. The molecular formula is C63H121NO5. The molecule has 0 aliphatic heterocycles. The zero-order valence-electron chi connectivity index (χ0n) is 46.6. The number of hydrogen-bond acceptors (Lipinski definition) is 5. The Morgan fingerprint density at radius 3 is 1.12 bits per heavy atom. The summed E-state index contributed by atoms with van der Waals surface area (Å²) < 4.78 is 5.48. The number of amides is 1. The normalized spacial score (nSPS) is 12.7. The maximum Gasteiger partial charge on any atom is 0.305 e. The zero-order valence-corrected chi connectivity index (χ0v) is 46.6. The van der Waals surface area contributed by atoms with Crippen LogP contribution in [0.25, 0.3) is 0 Å². The van der Waals surface area contributed by atoms with Crippen molar-refractivity contribution in [2.24, 2.45) is 0 Å². The molecule has 2 atom stereocenters. The standard InChI is InChI=1S/C63H121NO5/c1-3-5-7-9-11-13-15-17-19-24-27-31-35-39-43-47-51-55-61(66)60(59-65)64-62(67)56-52-48-44-40-36-32-28-25-22-21-23-26-30-34-38-42-46-50-54-58-69-63(68)57-53-49-45-41-37-33-29-20-18-16-14-12-10-8-6-4-2/h14,16,20,29,60-61,65-66H,3-13,15,17-19,21-28,30-59H2,1-2H3,(H,64,67)/b16-14-,29-20-. The number of carbonyl (C=O) groups is 2. The highest BCUT2D eigenvalue weighted by Crippen LogP contribution is 2.18. The predicted molar refractivity (Wildman–Crippen MR) is 301 cm³/mol. The second kappa shape index (κ2) is 58.9. The van der Waals surface area contributed by atoms with Crippen molar-refractivity contribution in [3.05, 3.63) is 24.3 Å². The number of aliphatic hydroxyl groups is 2. The molecule has 0 aromatic carbocycles. The van der Waals surface area contributed by atoms with E-state index in [1.54, 1.807) is 0 Å². The molecule has 1 amide bonds. The van der Waals surface area contributed by atoms with Gasteiger partial charge in [-0.05, 0) is 57.8 Å². The lowest BCUT2D eigenvalue weighted by Gasteiger charge is -2.22. The molecule has 0 heterocycles. The number of aliphatic hydroxyl groups excluding tert-OH is 2. The minimum Gasteiger partial charge on any atom is -0.466 e. The van der Waals surface area contributed by atoms with E-state index in [-0.39, 0.29) is 18.5 Å². The van der Waals surface area contributed by atoms with Gasteiger partial charge in [0.05, 0.1) is 25.4 Å². The summed E-state index contributed by atoms with van der Waals surface area (Å²) in [6.07, 6.45) is 71.8. The summed E-state index contributed by atoms with van der Waals surface area (Å²) in [7, 11) is 0. The van der Waals surface area contributed by atoms with E-state index < -0.39 is 12.1 Å².